The normalized spacial score (nSPS) is 11.8. The highest BCUT2D eigenvalue weighted by Crippen LogP contribution is 2.28. The number of nitrogens with one attached hydrogen (secondary N) is 3. The Hall–Kier alpha value is -2.81. The second-order valence-corrected chi connectivity index (χ2v) is 7.26. The number of carbonyl (C=O) groups excluding carboxylic acids is 1. The zero-order chi connectivity index (χ0) is 20.5. The SMILES string of the molecule is Cc1cnc(-c2c[nH]c3ncc(Cl)cc23)nc1NC(C)(C)C(=O)NCC(F)F.[HH].[HH].[HH]. The largest absolute Gasteiger partial charge is 0.356 e. The zero-order valence-corrected chi connectivity index (χ0v) is 16.2. The number of alkyl halides is 2. The smallest absolute Gasteiger partial charge is 0.255 e. The van der Waals surface area contributed by atoms with Crippen LogP contribution < -0.4 is 10.6 Å². The number of rotatable bonds is 6. The Kier molecular flexibility index (Phi) is 5.46. The van der Waals surface area contributed by atoms with Crippen LogP contribution in [0.4, 0.5) is 14.6 Å². The van der Waals surface area contributed by atoms with Crippen LogP contribution in [0, 0.1) is 6.92 Å². The Labute approximate surface area is 169 Å². The van der Waals surface area contributed by atoms with Crippen LogP contribution in [0.1, 0.15) is 23.7 Å². The minimum Gasteiger partial charge on any atom is -0.356 e. The summed E-state index contributed by atoms with van der Waals surface area (Å²) in [4.78, 5) is 28.4. The number of anilines is 1. The van der Waals surface area contributed by atoms with Gasteiger partial charge in [-0.15, -0.1) is 0 Å². The molecule has 1 amide bonds. The molecule has 0 aliphatic heterocycles. The van der Waals surface area contributed by atoms with E-state index in [4.69, 9.17) is 11.6 Å². The molecule has 0 fully saturated rings. The van der Waals surface area contributed by atoms with Crippen molar-refractivity contribution in [3.63, 3.8) is 0 Å². The number of aryl methyl sites for hydroxylation is 1. The number of halogens is 3. The molecule has 0 spiro atoms. The van der Waals surface area contributed by atoms with Gasteiger partial charge < -0.3 is 15.6 Å². The van der Waals surface area contributed by atoms with Gasteiger partial charge in [-0.1, -0.05) is 11.6 Å². The van der Waals surface area contributed by atoms with Gasteiger partial charge in [-0.2, -0.15) is 0 Å². The molecule has 3 N–H and O–H groups in total. The Balaban J connectivity index is 0.00000300. The summed E-state index contributed by atoms with van der Waals surface area (Å²) in [6, 6.07) is 1.76. The van der Waals surface area contributed by atoms with Crippen molar-refractivity contribution in [2.75, 3.05) is 11.9 Å². The van der Waals surface area contributed by atoms with Gasteiger partial charge >= 0.3 is 0 Å². The molecule has 0 radical (unpaired) electrons. The molecule has 3 rings (SSSR count). The molecular formula is C18H25ClF2N6O. The lowest BCUT2D eigenvalue weighted by atomic mass is 10.0. The van der Waals surface area contributed by atoms with E-state index in [-0.39, 0.29) is 4.28 Å². The van der Waals surface area contributed by atoms with Crippen molar-refractivity contribution >= 4 is 34.4 Å². The summed E-state index contributed by atoms with van der Waals surface area (Å²) in [5.74, 6) is 0.272. The van der Waals surface area contributed by atoms with Crippen molar-refractivity contribution in [1.82, 2.24) is 25.3 Å². The van der Waals surface area contributed by atoms with Gasteiger partial charge in [0.1, 0.15) is 17.0 Å². The molecule has 154 valence electrons. The molecule has 0 saturated carbocycles. The van der Waals surface area contributed by atoms with E-state index in [9.17, 15) is 13.6 Å². The topological polar surface area (TPSA) is 95.6 Å². The number of fused-ring (bicyclic) bond motifs is 1. The van der Waals surface area contributed by atoms with Crippen molar-refractivity contribution < 1.29 is 17.9 Å². The molecule has 10 heteroatoms. The van der Waals surface area contributed by atoms with Gasteiger partial charge in [-0.05, 0) is 26.8 Å². The van der Waals surface area contributed by atoms with Crippen LogP contribution in [-0.2, 0) is 4.79 Å². The maximum Gasteiger partial charge on any atom is 0.255 e. The second kappa shape index (κ2) is 7.67. The van der Waals surface area contributed by atoms with E-state index >= 15 is 0 Å². The fraction of sp³-hybridized carbons (Fsp3) is 0.333. The van der Waals surface area contributed by atoms with Crippen molar-refractivity contribution in [3.05, 3.63) is 35.2 Å². The van der Waals surface area contributed by atoms with Crippen LogP contribution in [-0.4, -0.2) is 44.4 Å². The molecule has 0 aliphatic rings. The number of pyridine rings is 1. The lowest BCUT2D eigenvalue weighted by Crippen LogP contribution is -2.49. The number of H-pyrrole nitrogens is 1. The van der Waals surface area contributed by atoms with Gasteiger partial charge in [0.2, 0.25) is 5.91 Å². The number of aromatic amines is 1. The molecule has 0 aliphatic carbocycles. The Morgan fingerprint density at radius 2 is 2.11 bits per heavy atom. The molecule has 3 aromatic rings. The van der Waals surface area contributed by atoms with E-state index in [1.165, 1.54) is 6.20 Å². The van der Waals surface area contributed by atoms with Crippen LogP contribution in [0.5, 0.6) is 0 Å². The number of aromatic nitrogens is 4. The zero-order valence-electron chi connectivity index (χ0n) is 15.5. The summed E-state index contributed by atoms with van der Waals surface area (Å²) in [7, 11) is 0. The summed E-state index contributed by atoms with van der Waals surface area (Å²) in [5.41, 5.74) is 0.892. The molecule has 0 aromatic carbocycles. The predicted molar refractivity (Wildman–Crippen MR) is 110 cm³/mol. The molecule has 0 atom stereocenters. The lowest BCUT2D eigenvalue weighted by Gasteiger charge is -2.26. The second-order valence-electron chi connectivity index (χ2n) is 6.83. The van der Waals surface area contributed by atoms with Gasteiger partial charge in [0.25, 0.3) is 6.43 Å². The Morgan fingerprint density at radius 3 is 2.82 bits per heavy atom. The molecular weight excluding hydrogens is 390 g/mol. The van der Waals surface area contributed by atoms with Gasteiger partial charge in [0.05, 0.1) is 11.6 Å². The molecule has 3 aromatic heterocycles. The first-order valence-electron chi connectivity index (χ1n) is 8.48. The summed E-state index contributed by atoms with van der Waals surface area (Å²) in [6.45, 7) is 4.25. The first-order chi connectivity index (χ1) is 13.2. The first kappa shape index (κ1) is 19.9. The fourth-order valence-electron chi connectivity index (χ4n) is 2.60. The van der Waals surface area contributed by atoms with Gasteiger partial charge in [0.15, 0.2) is 5.82 Å². The van der Waals surface area contributed by atoms with E-state index < -0.39 is 24.4 Å². The molecule has 3 heterocycles. The summed E-state index contributed by atoms with van der Waals surface area (Å²) < 4.78 is 24.7. The van der Waals surface area contributed by atoms with E-state index in [0.717, 1.165) is 5.39 Å². The Bertz CT molecular complexity index is 1030. The standard InChI is InChI=1S/C18H19ClF2N6O.3H2/c1-9-5-22-16(12-7-24-15-11(12)4-10(19)6-23-15)26-14(9)27-18(2,3)17(28)25-8-13(20)21;;;/h4-7,13H,8H2,1-3H3,(H,23,24)(H,25,28)(H,22,26,27);3*1H. The van der Waals surface area contributed by atoms with Crippen LogP contribution in [0.25, 0.3) is 22.4 Å². The van der Waals surface area contributed by atoms with Crippen molar-refractivity contribution in [2.24, 2.45) is 0 Å². The minimum absolute atomic E-state index is 0. The fourth-order valence-corrected chi connectivity index (χ4v) is 2.76. The van der Waals surface area contributed by atoms with Gasteiger partial charge in [-0.3, -0.25) is 4.79 Å². The van der Waals surface area contributed by atoms with Crippen LogP contribution >= 0.6 is 11.6 Å². The molecule has 28 heavy (non-hydrogen) atoms. The van der Waals surface area contributed by atoms with Crippen molar-refractivity contribution in [3.8, 4) is 11.4 Å². The summed E-state index contributed by atoms with van der Waals surface area (Å²) in [5, 5.41) is 6.47. The predicted octanol–water partition coefficient (Wildman–Crippen LogP) is 4.29. The maximum atomic E-state index is 12.4. The van der Waals surface area contributed by atoms with E-state index in [1.54, 1.807) is 39.2 Å². The van der Waals surface area contributed by atoms with Crippen molar-refractivity contribution in [1.29, 1.82) is 0 Å². The highest BCUT2D eigenvalue weighted by molar-refractivity contribution is 6.31. The quantitative estimate of drug-likeness (QED) is 0.559. The minimum atomic E-state index is -2.62. The third kappa shape index (κ3) is 4.19. The third-order valence-corrected chi connectivity index (χ3v) is 4.33. The summed E-state index contributed by atoms with van der Waals surface area (Å²) in [6.07, 6.45) is 2.26. The molecule has 0 unspecified atom stereocenters. The van der Waals surface area contributed by atoms with Crippen LogP contribution in [0.2, 0.25) is 5.02 Å². The summed E-state index contributed by atoms with van der Waals surface area (Å²) >= 11 is 6.04. The highest BCUT2D eigenvalue weighted by atomic mass is 35.5. The number of hydrogen-bond acceptors (Lipinski definition) is 5. The van der Waals surface area contributed by atoms with Crippen LogP contribution in [0.3, 0.4) is 0 Å². The van der Waals surface area contributed by atoms with E-state index in [2.05, 4.69) is 30.6 Å². The van der Waals surface area contributed by atoms with Crippen molar-refractivity contribution in [2.45, 2.75) is 32.7 Å². The average molecular weight is 415 g/mol. The van der Waals surface area contributed by atoms with E-state index in [0.29, 0.717) is 33.4 Å². The number of nitrogens with zero attached hydrogens (tertiary/aromatic N) is 3. The average Bonchev–Trinajstić information content (AvgIpc) is 3.04. The van der Waals surface area contributed by atoms with Gasteiger partial charge in [0, 0.05) is 39.4 Å². The lowest BCUT2D eigenvalue weighted by molar-refractivity contribution is -0.125. The molecule has 7 nitrogen and oxygen atoms in total. The first-order valence-corrected chi connectivity index (χ1v) is 8.86. The number of hydrogen-bond donors (Lipinski definition) is 3. The maximum absolute atomic E-state index is 12.4. The molecule has 0 saturated heterocycles. The third-order valence-electron chi connectivity index (χ3n) is 4.13. The van der Waals surface area contributed by atoms with Crippen LogP contribution in [0.15, 0.2) is 24.7 Å². The molecule has 0 bridgehead atoms. The van der Waals surface area contributed by atoms with Gasteiger partial charge in [-0.25, -0.2) is 23.7 Å². The highest BCUT2D eigenvalue weighted by Gasteiger charge is 2.29. The number of amides is 1. The Morgan fingerprint density at radius 1 is 1.36 bits per heavy atom. The monoisotopic (exact) mass is 414 g/mol. The number of carbonyl (C=O) groups is 1. The van der Waals surface area contributed by atoms with E-state index in [1.807, 2.05) is 0 Å².